The van der Waals surface area contributed by atoms with Gasteiger partial charge in [0.05, 0.1) is 5.48 Å². The third kappa shape index (κ3) is 2.76. The largest absolute Gasteiger partial charge is 0.508 e. The van der Waals surface area contributed by atoms with Crippen LogP contribution in [0, 0.1) is 0 Å². The van der Waals surface area contributed by atoms with Gasteiger partial charge in [-0.3, -0.25) is 4.79 Å². The van der Waals surface area contributed by atoms with E-state index >= 15 is 0 Å². The molecule has 0 spiro atoms. The standard InChI is InChI=1S/C9H11NO3/c10-8(9(12)13)5-6-2-1-3-7(11)4-6/h1-4,8,11H,5,10H2,(H,12,13)/t8-/m1/s1/i1D,3D,4D,8D/hD4. The van der Waals surface area contributed by atoms with Crippen LogP contribution in [0.4, 0.5) is 0 Å². The van der Waals surface area contributed by atoms with Crippen molar-refractivity contribution in [2.45, 2.75) is 12.4 Å². The highest BCUT2D eigenvalue weighted by Gasteiger charge is 2.11. The third-order valence-corrected chi connectivity index (χ3v) is 1.30. The smallest absolute Gasteiger partial charge is 0.320 e. The number of phenolic OH excluding ortho intramolecular Hbond substituents is 1. The number of phenols is 1. The quantitative estimate of drug-likeness (QED) is 0.624. The van der Waals surface area contributed by atoms with Gasteiger partial charge in [0.15, 0.2) is 0 Å². The summed E-state index contributed by atoms with van der Waals surface area (Å²) in [4.78, 5) is 11.4. The van der Waals surface area contributed by atoms with E-state index in [4.69, 9.17) is 11.2 Å². The van der Waals surface area contributed by atoms with Gasteiger partial charge in [-0.15, -0.1) is 0 Å². The SMILES string of the molecule is [2H]OC(=O)[C@@]([2H])(Cc1cc([2H])c([2H])c(O[2H])c1[2H])N([2H])[2H]. The molecule has 0 unspecified atom stereocenters. The Hall–Kier alpha value is -1.55. The first-order valence-corrected chi connectivity index (χ1v) is 3.37. The van der Waals surface area contributed by atoms with Gasteiger partial charge in [-0.1, -0.05) is 12.1 Å². The minimum absolute atomic E-state index is 0.164. The number of benzene rings is 1. The fourth-order valence-electron chi connectivity index (χ4n) is 0.750. The van der Waals surface area contributed by atoms with Crippen LogP contribution in [0.5, 0.6) is 5.75 Å². The molecule has 4 N–H and O–H groups in total. The van der Waals surface area contributed by atoms with Crippen LogP contribution < -0.4 is 5.72 Å². The number of hydrogen-bond acceptors (Lipinski definition) is 4. The summed E-state index contributed by atoms with van der Waals surface area (Å²) in [6.45, 7) is 0. The minimum atomic E-state index is -2.63. The molecule has 0 saturated heterocycles. The van der Waals surface area contributed by atoms with Gasteiger partial charge in [0.1, 0.15) is 14.6 Å². The topological polar surface area (TPSA) is 83.5 Å². The Morgan fingerprint density at radius 2 is 2.92 bits per heavy atom. The molecule has 13 heavy (non-hydrogen) atoms. The van der Waals surface area contributed by atoms with E-state index < -0.39 is 42.3 Å². The van der Waals surface area contributed by atoms with Crippen molar-refractivity contribution >= 4 is 5.97 Å². The summed E-state index contributed by atoms with van der Waals surface area (Å²) in [5, 5.41) is 7.72. The van der Waals surface area contributed by atoms with Crippen LogP contribution in [0.25, 0.3) is 1.43 Å². The van der Waals surface area contributed by atoms with Crippen molar-refractivity contribution in [2.24, 2.45) is 5.72 Å². The second-order valence-electron chi connectivity index (χ2n) is 2.30. The van der Waals surface area contributed by atoms with Crippen LogP contribution in [-0.2, 0) is 11.2 Å². The molecule has 4 nitrogen and oxygen atoms in total. The van der Waals surface area contributed by atoms with Gasteiger partial charge in [-0.2, -0.15) is 0 Å². The maximum absolute atomic E-state index is 11.4. The molecule has 0 aliphatic carbocycles. The number of carboxylic acids is 1. The van der Waals surface area contributed by atoms with E-state index in [2.05, 4.69) is 10.2 Å². The first kappa shape index (κ1) is 3.31. The number of nitrogens with two attached hydrogens (primary N) is 1. The molecule has 0 saturated carbocycles. The summed E-state index contributed by atoms with van der Waals surface area (Å²) in [7, 11) is 0. The van der Waals surface area contributed by atoms with Gasteiger partial charge in [-0.05, 0) is 24.1 Å². The Labute approximate surface area is 87.1 Å². The van der Waals surface area contributed by atoms with Crippen LogP contribution >= 0.6 is 0 Å². The maximum Gasteiger partial charge on any atom is 0.320 e. The fourth-order valence-corrected chi connectivity index (χ4v) is 0.750. The number of hydrogen-bond donors (Lipinski definition) is 3. The summed E-state index contributed by atoms with van der Waals surface area (Å²) in [6.07, 6.45) is -0.723. The molecule has 1 aromatic rings. The monoisotopic (exact) mass is 189 g/mol. The lowest BCUT2D eigenvalue weighted by atomic mass is 10.1. The average Bonchev–Trinajstić information content (AvgIpc) is 2.44. The predicted molar refractivity (Wildman–Crippen MR) is 47.4 cm³/mol. The lowest BCUT2D eigenvalue weighted by molar-refractivity contribution is -0.138. The molecule has 0 aliphatic heterocycles. The van der Waals surface area contributed by atoms with E-state index in [1.165, 1.54) is 0 Å². The number of aliphatic carboxylic acids is 1. The van der Waals surface area contributed by atoms with Crippen LogP contribution in [0.15, 0.2) is 24.2 Å². The molecule has 0 aliphatic rings. The summed E-state index contributed by atoms with van der Waals surface area (Å²) in [6, 6.07) is -3.07. The lowest BCUT2D eigenvalue weighted by Crippen LogP contribution is -2.32. The van der Waals surface area contributed by atoms with Gasteiger partial charge >= 0.3 is 5.97 Å². The summed E-state index contributed by atoms with van der Waals surface area (Å²) >= 11 is 0. The van der Waals surface area contributed by atoms with E-state index in [1.54, 1.807) is 0 Å². The Morgan fingerprint density at radius 3 is 3.62 bits per heavy atom. The Morgan fingerprint density at radius 1 is 2.00 bits per heavy atom. The third-order valence-electron chi connectivity index (χ3n) is 1.30. The second kappa shape index (κ2) is 3.91. The normalized spacial score (nSPS) is 23.2. The molecular formula is C9H11NO3. The average molecular weight is 189 g/mol. The molecular weight excluding hydrogens is 170 g/mol. The van der Waals surface area contributed by atoms with Crippen LogP contribution in [-0.4, -0.2) is 23.6 Å². The van der Waals surface area contributed by atoms with Crippen molar-refractivity contribution in [1.29, 1.82) is 2.86 Å². The summed E-state index contributed by atoms with van der Waals surface area (Å²) in [5.74, 6) is -2.05. The van der Waals surface area contributed by atoms with Crippen molar-refractivity contribution in [2.75, 3.05) is 0 Å². The van der Waals surface area contributed by atoms with Gasteiger partial charge in [-0.25, -0.2) is 0 Å². The molecule has 0 aromatic heterocycles. The first-order valence-electron chi connectivity index (χ1n) is 7.08. The highest BCUT2D eigenvalue weighted by Crippen LogP contribution is 2.11. The van der Waals surface area contributed by atoms with E-state index in [-0.39, 0.29) is 11.3 Å². The molecule has 0 bridgehead atoms. The highest BCUT2D eigenvalue weighted by atomic mass is 16.4. The molecule has 1 atom stereocenters. The number of carboxylic acid groups (broad SMARTS) is 1. The van der Waals surface area contributed by atoms with Crippen molar-refractivity contribution in [3.05, 3.63) is 29.8 Å². The lowest BCUT2D eigenvalue weighted by Gasteiger charge is -2.05. The minimum Gasteiger partial charge on any atom is -0.508 e. The molecule has 0 radical (unpaired) electrons. The zero-order valence-corrected chi connectivity index (χ0v) is 6.46. The Bertz CT molecular complexity index is 554. The van der Waals surface area contributed by atoms with Crippen molar-refractivity contribution in [1.82, 2.24) is 0 Å². The maximum atomic E-state index is 11.4. The highest BCUT2D eigenvalue weighted by molar-refractivity contribution is 5.73. The molecule has 70 valence electrons. The zero-order valence-electron chi connectivity index (χ0n) is 14.5. The van der Waals surface area contributed by atoms with Crippen molar-refractivity contribution < 1.29 is 23.3 Å². The van der Waals surface area contributed by atoms with Crippen LogP contribution in [0.3, 0.4) is 0 Å². The summed E-state index contributed by atoms with van der Waals surface area (Å²) < 4.78 is 57.9. The van der Waals surface area contributed by atoms with Crippen molar-refractivity contribution in [3.63, 3.8) is 0 Å². The van der Waals surface area contributed by atoms with Crippen molar-refractivity contribution in [3.8, 4) is 5.75 Å². The molecule has 0 fully saturated rings. The Kier molecular flexibility index (Phi) is 0.994. The number of aromatic hydroxyl groups is 1. The second-order valence-corrected chi connectivity index (χ2v) is 2.30. The van der Waals surface area contributed by atoms with Gasteiger partial charge in [0.2, 0.25) is 0 Å². The van der Waals surface area contributed by atoms with Crippen LogP contribution in [0.2, 0.25) is 2.82 Å². The van der Waals surface area contributed by atoms with E-state index in [0.717, 1.165) is 6.07 Å². The molecule has 0 heterocycles. The molecule has 0 amide bonds. The first-order chi connectivity index (χ1) is 9.68. The predicted octanol–water partition coefficient (Wildman–Crippen LogP) is 0.347. The van der Waals surface area contributed by atoms with E-state index in [0.29, 0.717) is 0 Å². The molecule has 1 aromatic carbocycles. The number of rotatable bonds is 5. The molecule has 4 heteroatoms. The van der Waals surface area contributed by atoms with Gasteiger partial charge in [0.25, 0.3) is 2.86 Å². The Balaban J connectivity index is 3.35. The fraction of sp³-hybridized carbons (Fsp3) is 0.222. The van der Waals surface area contributed by atoms with E-state index in [1.807, 2.05) is 0 Å². The molecule has 1 rings (SSSR count). The number of carbonyl (C=O) groups is 1. The van der Waals surface area contributed by atoms with Gasteiger partial charge < -0.3 is 15.9 Å². The zero-order chi connectivity index (χ0) is 16.4. The summed E-state index contributed by atoms with van der Waals surface area (Å²) in [5.41, 5.74) is -0.453. The van der Waals surface area contributed by atoms with E-state index in [9.17, 15) is 4.79 Å². The van der Waals surface area contributed by atoms with Crippen LogP contribution in [0.1, 0.15) is 11.0 Å². The van der Waals surface area contributed by atoms with Gasteiger partial charge in [0, 0.05) is 0 Å².